The van der Waals surface area contributed by atoms with Crippen molar-refractivity contribution in [1.82, 2.24) is 10.2 Å². The average Bonchev–Trinajstić information content (AvgIpc) is 2.14. The van der Waals surface area contributed by atoms with Gasteiger partial charge in [-0.3, -0.25) is 4.90 Å². The van der Waals surface area contributed by atoms with E-state index in [2.05, 4.69) is 17.3 Å². The molecule has 2 unspecified atom stereocenters. The first kappa shape index (κ1) is 9.44. The Morgan fingerprint density at radius 1 is 1.31 bits per heavy atom. The predicted octanol–water partition coefficient (Wildman–Crippen LogP) is 0.317. The lowest BCUT2D eigenvalue weighted by molar-refractivity contribution is -0.0246. The Hall–Kier alpha value is -0.120. The van der Waals surface area contributed by atoms with Crippen LogP contribution in [0.1, 0.15) is 12.8 Å². The van der Waals surface area contributed by atoms with E-state index in [1.54, 1.807) is 0 Å². The van der Waals surface area contributed by atoms with Gasteiger partial charge in [-0.25, -0.2) is 0 Å². The summed E-state index contributed by atoms with van der Waals surface area (Å²) in [5, 5.41) is 3.28. The molecule has 1 saturated heterocycles. The van der Waals surface area contributed by atoms with Gasteiger partial charge in [0.15, 0.2) is 0 Å². The highest BCUT2D eigenvalue weighted by molar-refractivity contribution is 4.90. The zero-order valence-electron chi connectivity index (χ0n) is 8.46. The molecule has 1 saturated carbocycles. The first-order valence-electron chi connectivity index (χ1n) is 5.38. The Morgan fingerprint density at radius 2 is 2.08 bits per heavy atom. The minimum Gasteiger partial charge on any atom is -0.379 e. The molecular formula is C10H20N2O. The van der Waals surface area contributed by atoms with E-state index < -0.39 is 0 Å². The summed E-state index contributed by atoms with van der Waals surface area (Å²) < 4.78 is 5.36. The summed E-state index contributed by atoms with van der Waals surface area (Å²) in [6, 6.07) is 0.844. The van der Waals surface area contributed by atoms with Crippen molar-refractivity contribution in [2.24, 2.45) is 5.92 Å². The molecule has 0 amide bonds. The second-order valence-corrected chi connectivity index (χ2v) is 4.11. The maximum Gasteiger partial charge on any atom is 0.0594 e. The lowest BCUT2D eigenvalue weighted by Gasteiger charge is -2.45. The van der Waals surface area contributed by atoms with Crippen molar-refractivity contribution in [1.29, 1.82) is 0 Å². The Balaban J connectivity index is 1.78. The lowest BCUT2D eigenvalue weighted by atomic mass is 9.78. The number of ether oxygens (including phenoxy) is 1. The fourth-order valence-electron chi connectivity index (χ4n) is 2.44. The van der Waals surface area contributed by atoms with Gasteiger partial charge in [0.1, 0.15) is 0 Å². The number of hydrogen-bond donors (Lipinski definition) is 1. The van der Waals surface area contributed by atoms with E-state index in [0.717, 1.165) is 38.3 Å². The highest BCUT2D eigenvalue weighted by Crippen LogP contribution is 2.31. The van der Waals surface area contributed by atoms with Gasteiger partial charge in [0, 0.05) is 19.1 Å². The van der Waals surface area contributed by atoms with Gasteiger partial charge in [-0.1, -0.05) is 0 Å². The standard InChI is InChI=1S/C10H20N2O/c1-11-8-9-2-3-10(9)12-4-6-13-7-5-12/h9-11H,2-8H2,1H3. The number of morpholine rings is 1. The molecule has 0 aromatic heterocycles. The lowest BCUT2D eigenvalue weighted by Crippen LogP contribution is -2.53. The highest BCUT2D eigenvalue weighted by atomic mass is 16.5. The van der Waals surface area contributed by atoms with E-state index in [9.17, 15) is 0 Å². The van der Waals surface area contributed by atoms with Gasteiger partial charge in [-0.05, 0) is 32.4 Å². The SMILES string of the molecule is CNCC1CCC1N1CCOCC1. The van der Waals surface area contributed by atoms with Crippen LogP contribution in [-0.4, -0.2) is 50.8 Å². The molecule has 0 aromatic carbocycles. The number of hydrogen-bond acceptors (Lipinski definition) is 3. The molecule has 1 aliphatic heterocycles. The second-order valence-electron chi connectivity index (χ2n) is 4.11. The zero-order valence-corrected chi connectivity index (χ0v) is 8.46. The Morgan fingerprint density at radius 3 is 2.62 bits per heavy atom. The molecule has 13 heavy (non-hydrogen) atoms. The van der Waals surface area contributed by atoms with E-state index in [1.165, 1.54) is 19.4 Å². The molecule has 1 aliphatic carbocycles. The van der Waals surface area contributed by atoms with Crippen molar-refractivity contribution in [3.05, 3.63) is 0 Å². The molecule has 0 radical (unpaired) electrons. The normalized spacial score (nSPS) is 35.8. The third-order valence-corrected chi connectivity index (χ3v) is 3.36. The molecule has 2 aliphatic rings. The van der Waals surface area contributed by atoms with Gasteiger partial charge in [-0.15, -0.1) is 0 Å². The molecule has 76 valence electrons. The molecule has 1 N–H and O–H groups in total. The van der Waals surface area contributed by atoms with Crippen LogP contribution in [-0.2, 0) is 4.74 Å². The van der Waals surface area contributed by atoms with Crippen LogP contribution in [0, 0.1) is 5.92 Å². The van der Waals surface area contributed by atoms with Gasteiger partial charge in [-0.2, -0.15) is 0 Å². The minimum atomic E-state index is 0.844. The highest BCUT2D eigenvalue weighted by Gasteiger charge is 2.35. The van der Waals surface area contributed by atoms with Crippen molar-refractivity contribution in [2.45, 2.75) is 18.9 Å². The minimum absolute atomic E-state index is 0.844. The van der Waals surface area contributed by atoms with E-state index in [1.807, 2.05) is 0 Å². The van der Waals surface area contributed by atoms with Crippen LogP contribution in [0.5, 0.6) is 0 Å². The molecule has 0 aromatic rings. The van der Waals surface area contributed by atoms with Crippen LogP contribution >= 0.6 is 0 Å². The van der Waals surface area contributed by atoms with Crippen molar-refractivity contribution in [3.63, 3.8) is 0 Å². The first-order valence-corrected chi connectivity index (χ1v) is 5.38. The third kappa shape index (κ3) is 2.03. The molecule has 1 heterocycles. The van der Waals surface area contributed by atoms with E-state index >= 15 is 0 Å². The van der Waals surface area contributed by atoms with Crippen LogP contribution in [0.2, 0.25) is 0 Å². The average molecular weight is 184 g/mol. The van der Waals surface area contributed by atoms with Gasteiger partial charge >= 0.3 is 0 Å². The Kier molecular flexibility index (Phi) is 3.19. The second kappa shape index (κ2) is 4.40. The largest absolute Gasteiger partial charge is 0.379 e. The van der Waals surface area contributed by atoms with Gasteiger partial charge in [0.25, 0.3) is 0 Å². The molecule has 2 atom stereocenters. The zero-order chi connectivity index (χ0) is 9.10. The van der Waals surface area contributed by atoms with Crippen molar-refractivity contribution < 1.29 is 4.74 Å². The summed E-state index contributed by atoms with van der Waals surface area (Å²) >= 11 is 0. The quantitative estimate of drug-likeness (QED) is 0.683. The van der Waals surface area contributed by atoms with Gasteiger partial charge < -0.3 is 10.1 Å². The fraction of sp³-hybridized carbons (Fsp3) is 1.00. The molecule has 2 rings (SSSR count). The molecule has 3 heteroatoms. The number of nitrogens with zero attached hydrogens (tertiary/aromatic N) is 1. The van der Waals surface area contributed by atoms with Crippen molar-refractivity contribution in [3.8, 4) is 0 Å². The summed E-state index contributed by atoms with van der Waals surface area (Å²) in [4.78, 5) is 2.61. The first-order chi connectivity index (χ1) is 6.42. The van der Waals surface area contributed by atoms with Crippen molar-refractivity contribution in [2.75, 3.05) is 39.9 Å². The summed E-state index contributed by atoms with van der Waals surface area (Å²) in [7, 11) is 2.05. The summed E-state index contributed by atoms with van der Waals surface area (Å²) in [6.45, 7) is 5.34. The summed E-state index contributed by atoms with van der Waals surface area (Å²) in [6.07, 6.45) is 2.80. The maximum absolute atomic E-state index is 5.36. The Labute approximate surface area is 80.4 Å². The van der Waals surface area contributed by atoms with Gasteiger partial charge in [0.05, 0.1) is 13.2 Å². The molecule has 0 bridgehead atoms. The topological polar surface area (TPSA) is 24.5 Å². The Bertz CT molecular complexity index is 157. The molecular weight excluding hydrogens is 164 g/mol. The number of nitrogens with one attached hydrogen (secondary N) is 1. The van der Waals surface area contributed by atoms with E-state index in [4.69, 9.17) is 4.74 Å². The smallest absolute Gasteiger partial charge is 0.0594 e. The summed E-state index contributed by atoms with van der Waals surface area (Å²) in [5.41, 5.74) is 0. The molecule has 3 nitrogen and oxygen atoms in total. The fourth-order valence-corrected chi connectivity index (χ4v) is 2.44. The third-order valence-electron chi connectivity index (χ3n) is 3.36. The molecule has 0 spiro atoms. The van der Waals surface area contributed by atoms with Crippen LogP contribution < -0.4 is 5.32 Å². The molecule has 2 fully saturated rings. The van der Waals surface area contributed by atoms with Crippen LogP contribution in [0.3, 0.4) is 0 Å². The van der Waals surface area contributed by atoms with E-state index in [0.29, 0.717) is 0 Å². The predicted molar refractivity (Wildman–Crippen MR) is 52.8 cm³/mol. The monoisotopic (exact) mass is 184 g/mol. The van der Waals surface area contributed by atoms with E-state index in [-0.39, 0.29) is 0 Å². The maximum atomic E-state index is 5.36. The van der Waals surface area contributed by atoms with Crippen LogP contribution in [0.4, 0.5) is 0 Å². The van der Waals surface area contributed by atoms with Crippen LogP contribution in [0.25, 0.3) is 0 Å². The van der Waals surface area contributed by atoms with Crippen molar-refractivity contribution >= 4 is 0 Å². The van der Waals surface area contributed by atoms with Crippen LogP contribution in [0.15, 0.2) is 0 Å². The number of rotatable bonds is 3. The van der Waals surface area contributed by atoms with Gasteiger partial charge in [0.2, 0.25) is 0 Å². The summed E-state index contributed by atoms with van der Waals surface area (Å²) in [5.74, 6) is 0.892.